The number of hydrogen-bond acceptors (Lipinski definition) is 7. The van der Waals surface area contributed by atoms with E-state index < -0.39 is 28.5 Å². The molecule has 10 nitrogen and oxygen atoms in total. The van der Waals surface area contributed by atoms with Gasteiger partial charge >= 0.3 is 0 Å². The zero-order chi connectivity index (χ0) is 27.8. The van der Waals surface area contributed by atoms with E-state index in [0.717, 1.165) is 22.5 Å². The van der Waals surface area contributed by atoms with E-state index in [-0.39, 0.29) is 29.9 Å². The number of sulfonamides is 1. The van der Waals surface area contributed by atoms with E-state index in [9.17, 15) is 18.0 Å². The topological polar surface area (TPSA) is 114 Å². The van der Waals surface area contributed by atoms with Crippen LogP contribution in [0.15, 0.2) is 42.5 Å². The second kappa shape index (κ2) is 13.2. The van der Waals surface area contributed by atoms with Crippen LogP contribution in [-0.4, -0.2) is 71.3 Å². The number of carbonyl (C=O) groups is 2. The van der Waals surface area contributed by atoms with Crippen molar-refractivity contribution in [2.24, 2.45) is 0 Å². The molecular formula is C26H37N3O7S. The minimum atomic E-state index is -3.90. The Morgan fingerprint density at radius 3 is 2.05 bits per heavy atom. The van der Waals surface area contributed by atoms with E-state index in [1.807, 2.05) is 13.8 Å². The molecule has 0 bridgehead atoms. The molecule has 2 atom stereocenters. The molecule has 0 aliphatic heterocycles. The number of carbonyl (C=O) groups excluding carboxylic acids is 2. The van der Waals surface area contributed by atoms with Gasteiger partial charge in [0.1, 0.15) is 29.8 Å². The van der Waals surface area contributed by atoms with Gasteiger partial charge in [-0.3, -0.25) is 13.9 Å². The number of hydrogen-bond donors (Lipinski definition) is 1. The minimum absolute atomic E-state index is 0.0797. The third kappa shape index (κ3) is 8.01. The largest absolute Gasteiger partial charge is 0.497 e. The van der Waals surface area contributed by atoms with Crippen LogP contribution in [0.3, 0.4) is 0 Å². The molecule has 0 saturated carbocycles. The molecule has 11 heteroatoms. The lowest BCUT2D eigenvalue weighted by Crippen LogP contribution is -2.52. The fourth-order valence-corrected chi connectivity index (χ4v) is 4.41. The van der Waals surface area contributed by atoms with Gasteiger partial charge in [0.15, 0.2) is 0 Å². The molecule has 0 heterocycles. The van der Waals surface area contributed by atoms with Gasteiger partial charge in [0, 0.05) is 18.7 Å². The van der Waals surface area contributed by atoms with Crippen LogP contribution in [0.25, 0.3) is 0 Å². The van der Waals surface area contributed by atoms with Gasteiger partial charge in [-0.2, -0.15) is 0 Å². The summed E-state index contributed by atoms with van der Waals surface area (Å²) < 4.78 is 42.4. The molecular weight excluding hydrogens is 498 g/mol. The molecule has 0 aliphatic carbocycles. The molecule has 0 radical (unpaired) electrons. The number of methoxy groups -OCH3 is 3. The number of ether oxygens (including phenoxy) is 3. The lowest BCUT2D eigenvalue weighted by molar-refractivity contribution is -0.139. The molecule has 2 rings (SSSR count). The van der Waals surface area contributed by atoms with Gasteiger partial charge in [0.2, 0.25) is 21.8 Å². The number of rotatable bonds is 13. The normalized spacial score (nSPS) is 12.7. The highest BCUT2D eigenvalue weighted by molar-refractivity contribution is 7.92. The van der Waals surface area contributed by atoms with Crippen molar-refractivity contribution in [2.75, 3.05) is 38.4 Å². The van der Waals surface area contributed by atoms with Crippen LogP contribution in [0.5, 0.6) is 17.2 Å². The second-order valence-electron chi connectivity index (χ2n) is 8.67. The first-order chi connectivity index (χ1) is 17.4. The summed E-state index contributed by atoms with van der Waals surface area (Å²) in [6, 6.07) is 10.8. The Labute approximate surface area is 219 Å². The van der Waals surface area contributed by atoms with Crippen molar-refractivity contribution in [2.45, 2.75) is 45.8 Å². The third-order valence-electron chi connectivity index (χ3n) is 6.02. The van der Waals surface area contributed by atoms with E-state index >= 15 is 0 Å². The lowest BCUT2D eigenvalue weighted by atomic mass is 10.1. The fourth-order valence-electron chi connectivity index (χ4n) is 3.56. The van der Waals surface area contributed by atoms with Gasteiger partial charge in [0.25, 0.3) is 0 Å². The van der Waals surface area contributed by atoms with Gasteiger partial charge < -0.3 is 24.4 Å². The first-order valence-corrected chi connectivity index (χ1v) is 13.7. The quantitative estimate of drug-likeness (QED) is 0.419. The van der Waals surface area contributed by atoms with E-state index in [1.54, 1.807) is 44.4 Å². The first kappa shape index (κ1) is 29.8. The maximum atomic E-state index is 13.7. The van der Waals surface area contributed by atoms with Crippen molar-refractivity contribution in [1.82, 2.24) is 10.2 Å². The summed E-state index contributed by atoms with van der Waals surface area (Å²) in [5.41, 5.74) is 0.936. The molecule has 0 aliphatic rings. The lowest BCUT2D eigenvalue weighted by Gasteiger charge is -2.32. The smallest absolute Gasteiger partial charge is 0.244 e. The molecule has 2 aromatic carbocycles. The Bertz CT molecular complexity index is 1170. The third-order valence-corrected chi connectivity index (χ3v) is 7.14. The molecule has 0 aromatic heterocycles. The molecule has 2 amide bonds. The van der Waals surface area contributed by atoms with Gasteiger partial charge in [-0.05, 0) is 50.1 Å². The van der Waals surface area contributed by atoms with Crippen LogP contribution < -0.4 is 23.8 Å². The van der Waals surface area contributed by atoms with Crippen molar-refractivity contribution in [3.63, 3.8) is 0 Å². The van der Waals surface area contributed by atoms with Crippen LogP contribution in [0.4, 0.5) is 5.69 Å². The fraction of sp³-hybridized carbons (Fsp3) is 0.462. The van der Waals surface area contributed by atoms with E-state index in [4.69, 9.17) is 14.2 Å². The molecule has 0 fully saturated rings. The van der Waals surface area contributed by atoms with Gasteiger partial charge in [-0.15, -0.1) is 0 Å². The molecule has 1 N–H and O–H groups in total. The summed E-state index contributed by atoms with van der Waals surface area (Å²) in [5.74, 6) is 0.466. The van der Waals surface area contributed by atoms with Gasteiger partial charge in [0.05, 0.1) is 33.3 Å². The van der Waals surface area contributed by atoms with Crippen molar-refractivity contribution < 1.29 is 32.2 Å². The zero-order valence-electron chi connectivity index (χ0n) is 22.5. The van der Waals surface area contributed by atoms with Crippen molar-refractivity contribution in [3.05, 3.63) is 48.0 Å². The number of amides is 2. The molecule has 37 heavy (non-hydrogen) atoms. The average molecular weight is 536 g/mol. The van der Waals surface area contributed by atoms with Gasteiger partial charge in [-0.25, -0.2) is 8.42 Å². The predicted molar refractivity (Wildman–Crippen MR) is 143 cm³/mol. The number of benzene rings is 2. The number of nitrogens with one attached hydrogen (secondary N) is 1. The van der Waals surface area contributed by atoms with Crippen LogP contribution >= 0.6 is 0 Å². The first-order valence-electron chi connectivity index (χ1n) is 11.9. The molecule has 2 aromatic rings. The maximum Gasteiger partial charge on any atom is 0.244 e. The SMILES string of the molecule is CC[C@@H](C)NC(=O)[C@@H](C)N(Cc1ccc(OC)cc1)C(=O)CN(c1ccc(OC)cc1OC)S(C)(=O)=O. The summed E-state index contributed by atoms with van der Waals surface area (Å²) in [5, 5.41) is 2.90. The highest BCUT2D eigenvalue weighted by Gasteiger charge is 2.31. The molecule has 0 unspecified atom stereocenters. The van der Waals surface area contributed by atoms with Gasteiger partial charge in [-0.1, -0.05) is 19.1 Å². The summed E-state index contributed by atoms with van der Waals surface area (Å²) in [4.78, 5) is 28.0. The van der Waals surface area contributed by atoms with Crippen molar-refractivity contribution >= 4 is 27.5 Å². The van der Waals surface area contributed by atoms with E-state index in [0.29, 0.717) is 11.5 Å². The highest BCUT2D eigenvalue weighted by atomic mass is 32.2. The van der Waals surface area contributed by atoms with Crippen LogP contribution in [0.1, 0.15) is 32.8 Å². The minimum Gasteiger partial charge on any atom is -0.497 e. The Kier molecular flexibility index (Phi) is 10.6. The zero-order valence-corrected chi connectivity index (χ0v) is 23.3. The summed E-state index contributed by atoms with van der Waals surface area (Å²) >= 11 is 0. The van der Waals surface area contributed by atoms with Crippen molar-refractivity contribution in [3.8, 4) is 17.2 Å². The number of nitrogens with zero attached hydrogens (tertiary/aromatic N) is 2. The average Bonchev–Trinajstić information content (AvgIpc) is 2.88. The van der Waals surface area contributed by atoms with Crippen molar-refractivity contribution in [1.29, 1.82) is 0 Å². The summed E-state index contributed by atoms with van der Waals surface area (Å²) in [6.07, 6.45) is 1.74. The van der Waals surface area contributed by atoms with E-state index in [1.165, 1.54) is 31.3 Å². The van der Waals surface area contributed by atoms with Crippen LogP contribution in [0, 0.1) is 0 Å². The molecule has 204 valence electrons. The van der Waals surface area contributed by atoms with Crippen LogP contribution in [-0.2, 0) is 26.2 Å². The second-order valence-corrected chi connectivity index (χ2v) is 10.6. The Hall–Kier alpha value is -3.47. The maximum absolute atomic E-state index is 13.7. The predicted octanol–water partition coefficient (Wildman–Crippen LogP) is 2.81. The Morgan fingerprint density at radius 1 is 0.946 bits per heavy atom. The summed E-state index contributed by atoms with van der Waals surface area (Å²) in [6.45, 7) is 5.01. The Morgan fingerprint density at radius 2 is 1.54 bits per heavy atom. The monoisotopic (exact) mass is 535 g/mol. The number of anilines is 1. The Balaban J connectivity index is 2.45. The standard InChI is InChI=1S/C26H37N3O7S/c1-8-18(2)27-26(31)19(3)28(16-20-9-11-21(34-4)12-10-20)25(30)17-29(37(7,32)33)23-14-13-22(35-5)15-24(23)36-6/h9-15,18-19H,8,16-17H2,1-7H3,(H,27,31)/t18-,19-/m1/s1. The highest BCUT2D eigenvalue weighted by Crippen LogP contribution is 2.33. The van der Waals surface area contributed by atoms with Crippen LogP contribution in [0.2, 0.25) is 0 Å². The molecule has 0 spiro atoms. The summed E-state index contributed by atoms with van der Waals surface area (Å²) in [7, 11) is 0.535. The van der Waals surface area contributed by atoms with E-state index in [2.05, 4.69) is 5.32 Å². The molecule has 0 saturated heterocycles.